The van der Waals surface area contributed by atoms with E-state index in [2.05, 4.69) is 26.1 Å². The quantitative estimate of drug-likeness (QED) is 0.876. The minimum absolute atomic E-state index is 0.308. The Morgan fingerprint density at radius 1 is 1.14 bits per heavy atom. The first-order chi connectivity index (χ1) is 9.89. The van der Waals surface area contributed by atoms with Crippen LogP contribution in [0.4, 0.5) is 0 Å². The second-order valence-corrected chi connectivity index (χ2v) is 8.20. The van der Waals surface area contributed by atoms with Gasteiger partial charge < -0.3 is 5.32 Å². The van der Waals surface area contributed by atoms with Crippen molar-refractivity contribution in [2.75, 3.05) is 12.8 Å². The van der Waals surface area contributed by atoms with Gasteiger partial charge in [0, 0.05) is 12.3 Å². The summed E-state index contributed by atoms with van der Waals surface area (Å²) in [5, 5.41) is 3.61. The summed E-state index contributed by atoms with van der Waals surface area (Å²) in [4.78, 5) is 0.410. The molecule has 0 aliphatic heterocycles. The highest BCUT2D eigenvalue weighted by Gasteiger charge is 2.52. The van der Waals surface area contributed by atoms with Crippen LogP contribution in [0.25, 0.3) is 0 Å². The maximum Gasteiger partial charge on any atom is 0.175 e. The fraction of sp³-hybridized carbons (Fsp3) is 0.647. The molecule has 0 amide bonds. The van der Waals surface area contributed by atoms with Gasteiger partial charge in [-0.1, -0.05) is 32.9 Å². The topological polar surface area (TPSA) is 46.2 Å². The summed E-state index contributed by atoms with van der Waals surface area (Å²) >= 11 is 0. The average Bonchev–Trinajstić information content (AvgIpc) is 2.44. The Hall–Kier alpha value is -0.870. The molecule has 0 heterocycles. The van der Waals surface area contributed by atoms with Crippen LogP contribution < -0.4 is 5.32 Å². The van der Waals surface area contributed by atoms with Crippen LogP contribution in [0.1, 0.15) is 51.5 Å². The standard InChI is InChI=1S/C17H27NO2S/c1-5-17(6-2)15(12-16(17)18-7-3)13-8-10-14(11-9-13)21(4,19)20/h8-11,15-16,18H,5-7,12H2,1-4H3. The Morgan fingerprint density at radius 3 is 2.14 bits per heavy atom. The fourth-order valence-electron chi connectivity index (χ4n) is 3.97. The smallest absolute Gasteiger partial charge is 0.175 e. The highest BCUT2D eigenvalue weighted by Crippen LogP contribution is 2.57. The third kappa shape index (κ3) is 2.88. The van der Waals surface area contributed by atoms with E-state index in [1.807, 2.05) is 12.1 Å². The summed E-state index contributed by atoms with van der Waals surface area (Å²) in [6, 6.07) is 8.09. The number of rotatable bonds is 6. The second-order valence-electron chi connectivity index (χ2n) is 6.18. The van der Waals surface area contributed by atoms with E-state index in [1.165, 1.54) is 11.8 Å². The lowest BCUT2D eigenvalue weighted by Gasteiger charge is -2.56. The maximum atomic E-state index is 11.6. The lowest BCUT2D eigenvalue weighted by Crippen LogP contribution is -2.58. The molecule has 1 aromatic carbocycles. The summed E-state index contributed by atoms with van der Waals surface area (Å²) in [7, 11) is -3.11. The van der Waals surface area contributed by atoms with E-state index < -0.39 is 9.84 Å². The van der Waals surface area contributed by atoms with Crippen LogP contribution in [-0.4, -0.2) is 27.3 Å². The molecule has 21 heavy (non-hydrogen) atoms. The maximum absolute atomic E-state index is 11.6. The lowest BCUT2D eigenvalue weighted by atomic mass is 9.52. The van der Waals surface area contributed by atoms with Crippen molar-refractivity contribution in [2.24, 2.45) is 5.41 Å². The Balaban J connectivity index is 2.26. The fourth-order valence-corrected chi connectivity index (χ4v) is 4.60. The summed E-state index contributed by atoms with van der Waals surface area (Å²) in [6.07, 6.45) is 4.71. The molecule has 3 nitrogen and oxygen atoms in total. The second kappa shape index (κ2) is 6.09. The first-order valence-corrected chi connectivity index (χ1v) is 9.81. The number of hydrogen-bond donors (Lipinski definition) is 1. The van der Waals surface area contributed by atoms with Crippen LogP contribution >= 0.6 is 0 Å². The van der Waals surface area contributed by atoms with Crippen molar-refractivity contribution in [3.63, 3.8) is 0 Å². The number of benzene rings is 1. The molecule has 0 aromatic heterocycles. The monoisotopic (exact) mass is 309 g/mol. The normalized spacial score (nSPS) is 24.6. The predicted molar refractivity (Wildman–Crippen MR) is 87.4 cm³/mol. The third-order valence-electron chi connectivity index (χ3n) is 5.34. The van der Waals surface area contributed by atoms with E-state index in [4.69, 9.17) is 0 Å². The van der Waals surface area contributed by atoms with Gasteiger partial charge in [-0.15, -0.1) is 0 Å². The summed E-state index contributed by atoms with van der Waals surface area (Å²) in [5.74, 6) is 0.533. The van der Waals surface area contributed by atoms with Gasteiger partial charge in [0.25, 0.3) is 0 Å². The van der Waals surface area contributed by atoms with Gasteiger partial charge in [-0.25, -0.2) is 8.42 Å². The molecule has 0 saturated heterocycles. The molecule has 1 aliphatic rings. The summed E-state index contributed by atoms with van der Waals surface area (Å²) in [6.45, 7) is 7.70. The molecule has 4 heteroatoms. The average molecular weight is 309 g/mol. The molecule has 2 atom stereocenters. The molecule has 1 aliphatic carbocycles. The molecule has 2 unspecified atom stereocenters. The van der Waals surface area contributed by atoms with Crippen molar-refractivity contribution in [3.05, 3.63) is 29.8 Å². The van der Waals surface area contributed by atoms with Crippen LogP contribution in [0.3, 0.4) is 0 Å². The van der Waals surface area contributed by atoms with Gasteiger partial charge in [0.05, 0.1) is 4.90 Å². The predicted octanol–water partition coefficient (Wildman–Crippen LogP) is 3.36. The molecule has 1 fully saturated rings. The SMILES string of the molecule is CCNC1CC(c2ccc(S(C)(=O)=O)cc2)C1(CC)CC. The van der Waals surface area contributed by atoms with E-state index in [1.54, 1.807) is 12.1 Å². The highest BCUT2D eigenvalue weighted by atomic mass is 32.2. The van der Waals surface area contributed by atoms with Gasteiger partial charge in [0.15, 0.2) is 9.84 Å². The lowest BCUT2D eigenvalue weighted by molar-refractivity contribution is 0.0210. The van der Waals surface area contributed by atoms with Crippen molar-refractivity contribution in [1.29, 1.82) is 0 Å². The van der Waals surface area contributed by atoms with Crippen molar-refractivity contribution in [2.45, 2.75) is 56.9 Å². The Morgan fingerprint density at radius 2 is 1.71 bits per heavy atom. The zero-order chi connectivity index (χ0) is 15.7. The zero-order valence-electron chi connectivity index (χ0n) is 13.5. The highest BCUT2D eigenvalue weighted by molar-refractivity contribution is 7.90. The van der Waals surface area contributed by atoms with Gasteiger partial charge in [-0.3, -0.25) is 0 Å². The largest absolute Gasteiger partial charge is 0.314 e. The van der Waals surface area contributed by atoms with E-state index in [0.29, 0.717) is 22.3 Å². The van der Waals surface area contributed by atoms with E-state index in [-0.39, 0.29) is 0 Å². The van der Waals surface area contributed by atoms with Crippen LogP contribution in [-0.2, 0) is 9.84 Å². The number of nitrogens with one attached hydrogen (secondary N) is 1. The van der Waals surface area contributed by atoms with Crippen molar-refractivity contribution >= 4 is 9.84 Å². The minimum atomic E-state index is -3.11. The van der Waals surface area contributed by atoms with Crippen LogP contribution in [0.2, 0.25) is 0 Å². The molecule has 0 bridgehead atoms. The van der Waals surface area contributed by atoms with Gasteiger partial charge in [0.1, 0.15) is 0 Å². The minimum Gasteiger partial charge on any atom is -0.314 e. The van der Waals surface area contributed by atoms with Crippen molar-refractivity contribution in [3.8, 4) is 0 Å². The molecule has 0 radical (unpaired) electrons. The zero-order valence-corrected chi connectivity index (χ0v) is 14.3. The van der Waals surface area contributed by atoms with Crippen LogP contribution in [0.15, 0.2) is 29.2 Å². The van der Waals surface area contributed by atoms with Crippen molar-refractivity contribution in [1.82, 2.24) is 5.32 Å². The number of sulfone groups is 1. The molecule has 1 saturated carbocycles. The first-order valence-electron chi connectivity index (χ1n) is 7.92. The number of hydrogen-bond acceptors (Lipinski definition) is 3. The Labute approximate surface area is 129 Å². The van der Waals surface area contributed by atoms with Crippen LogP contribution in [0.5, 0.6) is 0 Å². The molecular weight excluding hydrogens is 282 g/mol. The summed E-state index contributed by atoms with van der Waals surface area (Å²) < 4.78 is 23.1. The van der Waals surface area contributed by atoms with Crippen LogP contribution in [0, 0.1) is 5.41 Å². The van der Waals surface area contributed by atoms with Gasteiger partial charge in [-0.2, -0.15) is 0 Å². The summed E-state index contributed by atoms with van der Waals surface area (Å²) in [5.41, 5.74) is 1.59. The Kier molecular flexibility index (Phi) is 4.79. The Bertz CT molecular complexity index is 573. The first kappa shape index (κ1) is 16.5. The molecule has 2 rings (SSSR count). The molecule has 0 spiro atoms. The molecule has 118 valence electrons. The van der Waals surface area contributed by atoms with Gasteiger partial charge in [0.2, 0.25) is 0 Å². The molecule has 1 N–H and O–H groups in total. The third-order valence-corrected chi connectivity index (χ3v) is 6.47. The van der Waals surface area contributed by atoms with E-state index in [0.717, 1.165) is 25.8 Å². The van der Waals surface area contributed by atoms with Crippen molar-refractivity contribution < 1.29 is 8.42 Å². The van der Waals surface area contributed by atoms with Gasteiger partial charge >= 0.3 is 0 Å². The van der Waals surface area contributed by atoms with Gasteiger partial charge in [-0.05, 0) is 54.8 Å². The van der Waals surface area contributed by atoms with E-state index in [9.17, 15) is 8.42 Å². The van der Waals surface area contributed by atoms with E-state index >= 15 is 0 Å². The molecule has 1 aromatic rings. The molecular formula is C17H27NO2S.